The summed E-state index contributed by atoms with van der Waals surface area (Å²) in [6.07, 6.45) is 4.75. The van der Waals surface area contributed by atoms with Gasteiger partial charge in [0.25, 0.3) is 5.56 Å². The zero-order valence-corrected chi connectivity index (χ0v) is 20.3. The fraction of sp³-hybridized carbons (Fsp3) is 0.393. The van der Waals surface area contributed by atoms with Crippen molar-refractivity contribution in [3.8, 4) is 23.0 Å². The summed E-state index contributed by atoms with van der Waals surface area (Å²) in [5, 5.41) is 4.50. The number of pyridine rings is 1. The molecule has 0 radical (unpaired) electrons. The molecular weight excluding hydrogens is 444 g/mol. The predicted octanol–water partition coefficient (Wildman–Crippen LogP) is 4.93. The number of benzene rings is 3. The minimum atomic E-state index is -0.0164. The average Bonchev–Trinajstić information content (AvgIpc) is 3.36. The lowest BCUT2D eigenvalue weighted by atomic mass is 9.99. The van der Waals surface area contributed by atoms with Crippen LogP contribution in [-0.4, -0.2) is 50.1 Å². The molecule has 1 fully saturated rings. The van der Waals surface area contributed by atoms with Crippen LogP contribution < -0.4 is 24.5 Å². The second-order valence-electron chi connectivity index (χ2n) is 9.35. The summed E-state index contributed by atoms with van der Waals surface area (Å²) in [5.74, 6) is 2.61. The van der Waals surface area contributed by atoms with Crippen LogP contribution in [0, 0.1) is 0 Å². The number of nitrogens with zero attached hydrogens (tertiary/aromatic N) is 2. The van der Waals surface area contributed by atoms with E-state index in [1.807, 2.05) is 22.8 Å². The van der Waals surface area contributed by atoms with E-state index in [1.54, 1.807) is 20.3 Å². The standard InChI is InChI=1S/C28H30N2O5/c1-32-23-15-21-19-8-7-18-13-25-26(35-17-34-25)14-20(18)27(19)30(28(31)22(21)16-24(23)33-2)12-6-11-29-9-4-3-5-10-29/h7-8,13-16H,3-6,9-12,17H2,1-2H3. The van der Waals surface area contributed by atoms with E-state index in [9.17, 15) is 4.79 Å². The van der Waals surface area contributed by atoms with Gasteiger partial charge in [0.15, 0.2) is 23.0 Å². The van der Waals surface area contributed by atoms with Crippen LogP contribution in [-0.2, 0) is 6.54 Å². The number of hydrogen-bond acceptors (Lipinski definition) is 6. The van der Waals surface area contributed by atoms with Gasteiger partial charge < -0.3 is 28.4 Å². The first-order chi connectivity index (χ1) is 17.2. The largest absolute Gasteiger partial charge is 0.493 e. The van der Waals surface area contributed by atoms with Crippen molar-refractivity contribution in [2.24, 2.45) is 0 Å². The molecule has 182 valence electrons. The third-order valence-electron chi connectivity index (χ3n) is 7.35. The Morgan fingerprint density at radius 1 is 0.800 bits per heavy atom. The molecule has 7 heteroatoms. The Morgan fingerprint density at radius 2 is 1.51 bits per heavy atom. The van der Waals surface area contributed by atoms with Gasteiger partial charge in [0.05, 0.1) is 25.1 Å². The zero-order chi connectivity index (χ0) is 23.9. The highest BCUT2D eigenvalue weighted by atomic mass is 16.7. The molecule has 0 saturated carbocycles. The number of hydrogen-bond donors (Lipinski definition) is 0. The average molecular weight is 475 g/mol. The van der Waals surface area contributed by atoms with Crippen LogP contribution in [0.4, 0.5) is 0 Å². The minimum absolute atomic E-state index is 0.0164. The van der Waals surface area contributed by atoms with E-state index in [0.29, 0.717) is 29.2 Å². The molecular formula is C28H30N2O5. The van der Waals surface area contributed by atoms with Gasteiger partial charge in [0.2, 0.25) is 6.79 Å². The first kappa shape index (κ1) is 22.0. The smallest absolute Gasteiger partial charge is 0.259 e. The van der Waals surface area contributed by atoms with E-state index in [1.165, 1.54) is 19.3 Å². The summed E-state index contributed by atoms with van der Waals surface area (Å²) in [6.45, 7) is 4.15. The molecule has 0 aliphatic carbocycles. The Hall–Kier alpha value is -3.45. The number of ether oxygens (including phenoxy) is 4. The minimum Gasteiger partial charge on any atom is -0.493 e. The predicted molar refractivity (Wildman–Crippen MR) is 137 cm³/mol. The van der Waals surface area contributed by atoms with Crippen LogP contribution in [0.3, 0.4) is 0 Å². The number of rotatable bonds is 6. The summed E-state index contributed by atoms with van der Waals surface area (Å²) in [7, 11) is 3.21. The molecule has 1 saturated heterocycles. The number of piperidine rings is 1. The zero-order valence-electron chi connectivity index (χ0n) is 20.3. The van der Waals surface area contributed by atoms with Gasteiger partial charge >= 0.3 is 0 Å². The fourth-order valence-corrected chi connectivity index (χ4v) is 5.58. The molecule has 0 amide bonds. The summed E-state index contributed by atoms with van der Waals surface area (Å²) in [5.41, 5.74) is 0.904. The molecule has 0 N–H and O–H groups in total. The molecule has 0 unspecified atom stereocenters. The van der Waals surface area contributed by atoms with Crippen LogP contribution >= 0.6 is 0 Å². The molecule has 0 bridgehead atoms. The molecule has 2 aliphatic rings. The van der Waals surface area contributed by atoms with E-state index in [2.05, 4.69) is 17.0 Å². The van der Waals surface area contributed by atoms with Gasteiger partial charge in [-0.1, -0.05) is 18.6 Å². The molecule has 6 rings (SSSR count). The van der Waals surface area contributed by atoms with Gasteiger partial charge in [0, 0.05) is 22.7 Å². The van der Waals surface area contributed by atoms with Crippen LogP contribution in [0.15, 0.2) is 41.2 Å². The maximum atomic E-state index is 14.0. The topological polar surface area (TPSA) is 62.2 Å². The molecule has 35 heavy (non-hydrogen) atoms. The molecule has 3 aromatic carbocycles. The van der Waals surface area contributed by atoms with Crippen molar-refractivity contribution < 1.29 is 18.9 Å². The maximum absolute atomic E-state index is 14.0. The number of likely N-dealkylation sites (tertiary alicyclic amines) is 1. The lowest BCUT2D eigenvalue weighted by molar-refractivity contribution is 0.174. The van der Waals surface area contributed by atoms with Gasteiger partial charge in [-0.25, -0.2) is 0 Å². The third kappa shape index (κ3) is 3.74. The van der Waals surface area contributed by atoms with Crippen molar-refractivity contribution in [2.75, 3.05) is 40.6 Å². The maximum Gasteiger partial charge on any atom is 0.259 e. The van der Waals surface area contributed by atoms with E-state index in [4.69, 9.17) is 18.9 Å². The Bertz CT molecular complexity index is 1490. The summed E-state index contributed by atoms with van der Waals surface area (Å²) >= 11 is 0. The Balaban J connectivity index is 1.57. The highest BCUT2D eigenvalue weighted by molar-refractivity contribution is 6.16. The number of methoxy groups -OCH3 is 2. The lowest BCUT2D eigenvalue weighted by Crippen LogP contribution is -2.32. The van der Waals surface area contributed by atoms with Crippen LogP contribution in [0.25, 0.3) is 32.4 Å². The van der Waals surface area contributed by atoms with Gasteiger partial charge in [-0.3, -0.25) is 4.79 Å². The van der Waals surface area contributed by atoms with Crippen molar-refractivity contribution in [3.63, 3.8) is 0 Å². The third-order valence-corrected chi connectivity index (χ3v) is 7.35. The fourth-order valence-electron chi connectivity index (χ4n) is 5.58. The Kier molecular flexibility index (Phi) is 5.65. The molecule has 7 nitrogen and oxygen atoms in total. The first-order valence-electron chi connectivity index (χ1n) is 12.3. The van der Waals surface area contributed by atoms with E-state index >= 15 is 0 Å². The molecule has 2 aliphatic heterocycles. The SMILES string of the molecule is COc1cc2c(=O)n(CCCN3CCCCC3)c3c4cc5c(cc4ccc3c2cc1OC)OCO5. The van der Waals surface area contributed by atoms with E-state index in [0.717, 1.165) is 58.9 Å². The van der Waals surface area contributed by atoms with Crippen LogP contribution in [0.5, 0.6) is 23.0 Å². The van der Waals surface area contributed by atoms with E-state index in [-0.39, 0.29) is 12.4 Å². The molecule has 1 aromatic heterocycles. The van der Waals surface area contributed by atoms with Crippen molar-refractivity contribution >= 4 is 32.4 Å². The molecule has 0 spiro atoms. The Labute approximate surface area is 203 Å². The van der Waals surface area contributed by atoms with Gasteiger partial charge in [0.1, 0.15) is 0 Å². The second-order valence-corrected chi connectivity index (χ2v) is 9.35. The van der Waals surface area contributed by atoms with Crippen LogP contribution in [0.1, 0.15) is 25.7 Å². The summed E-state index contributed by atoms with van der Waals surface area (Å²) in [4.78, 5) is 16.5. The molecule has 0 atom stereocenters. The number of fused-ring (bicyclic) bond motifs is 6. The molecule has 4 aromatic rings. The second kappa shape index (κ2) is 8.96. The lowest BCUT2D eigenvalue weighted by Gasteiger charge is -2.26. The van der Waals surface area contributed by atoms with Crippen molar-refractivity contribution in [3.05, 3.63) is 46.8 Å². The number of aromatic nitrogens is 1. The van der Waals surface area contributed by atoms with E-state index < -0.39 is 0 Å². The quantitative estimate of drug-likeness (QED) is 0.369. The van der Waals surface area contributed by atoms with Gasteiger partial charge in [-0.05, 0) is 68.5 Å². The highest BCUT2D eigenvalue weighted by Gasteiger charge is 2.20. The van der Waals surface area contributed by atoms with Crippen LogP contribution in [0.2, 0.25) is 0 Å². The Morgan fingerprint density at radius 3 is 2.26 bits per heavy atom. The first-order valence-corrected chi connectivity index (χ1v) is 12.3. The van der Waals surface area contributed by atoms with Crippen molar-refractivity contribution in [1.29, 1.82) is 0 Å². The van der Waals surface area contributed by atoms with Crippen molar-refractivity contribution in [2.45, 2.75) is 32.2 Å². The summed E-state index contributed by atoms with van der Waals surface area (Å²) in [6, 6.07) is 11.9. The summed E-state index contributed by atoms with van der Waals surface area (Å²) < 4.78 is 24.3. The van der Waals surface area contributed by atoms with Gasteiger partial charge in [-0.2, -0.15) is 0 Å². The normalized spacial score (nSPS) is 15.8. The monoisotopic (exact) mass is 474 g/mol. The molecule has 3 heterocycles. The van der Waals surface area contributed by atoms with Crippen molar-refractivity contribution in [1.82, 2.24) is 9.47 Å². The highest BCUT2D eigenvalue weighted by Crippen LogP contribution is 2.41. The van der Waals surface area contributed by atoms with Gasteiger partial charge in [-0.15, -0.1) is 0 Å². The number of aryl methyl sites for hydroxylation is 1.